The monoisotopic (exact) mass is 429 g/mol. The molecule has 1 aliphatic heterocycles. The lowest BCUT2D eigenvalue weighted by atomic mass is 10.2. The molecule has 0 atom stereocenters. The number of nitrogens with zero attached hydrogens (tertiary/aromatic N) is 3. The number of nitro groups is 1. The van der Waals surface area contributed by atoms with Crippen molar-refractivity contribution in [3.8, 4) is 0 Å². The van der Waals surface area contributed by atoms with E-state index in [1.165, 1.54) is 22.5 Å². The second-order valence-electron chi connectivity index (χ2n) is 6.89. The Morgan fingerprint density at radius 3 is 2.47 bits per heavy atom. The number of ketones is 1. The molecular formula is C21H23N3O5S. The fourth-order valence-corrected chi connectivity index (χ4v) is 4.70. The highest BCUT2D eigenvalue weighted by Crippen LogP contribution is 2.24. The van der Waals surface area contributed by atoms with Crippen LogP contribution < -0.4 is 4.90 Å². The first kappa shape index (κ1) is 21.7. The molecular weight excluding hydrogens is 406 g/mol. The molecule has 0 aromatic heterocycles. The second-order valence-corrected chi connectivity index (χ2v) is 8.83. The van der Waals surface area contributed by atoms with Crippen LogP contribution in [0.2, 0.25) is 0 Å². The fourth-order valence-electron chi connectivity index (χ4n) is 3.22. The minimum Gasteiger partial charge on any atom is -0.369 e. The highest BCUT2D eigenvalue weighted by Gasteiger charge is 2.29. The van der Waals surface area contributed by atoms with Crippen LogP contribution in [0.3, 0.4) is 0 Å². The van der Waals surface area contributed by atoms with E-state index in [9.17, 15) is 23.3 Å². The molecule has 30 heavy (non-hydrogen) atoms. The summed E-state index contributed by atoms with van der Waals surface area (Å²) in [6.45, 7) is 3.19. The van der Waals surface area contributed by atoms with Crippen molar-refractivity contribution in [2.45, 2.75) is 18.2 Å². The number of sulfonamides is 1. The summed E-state index contributed by atoms with van der Waals surface area (Å²) in [5.41, 5.74) is 1.36. The van der Waals surface area contributed by atoms with Gasteiger partial charge >= 0.3 is 0 Å². The molecule has 158 valence electrons. The molecule has 8 nitrogen and oxygen atoms in total. The predicted molar refractivity (Wildman–Crippen MR) is 115 cm³/mol. The standard InChI is InChI=1S/C21H23N3O5S/c1-2-20(25)10-9-17-5-3-8-21(15-17)30(28,29)23-13-11-22(12-14-23)18-6-4-7-19(16-18)24(26)27/h3-10,15-16H,2,11-14H2,1H3/b10-9+. The molecule has 1 saturated heterocycles. The Kier molecular flexibility index (Phi) is 6.63. The van der Waals surface area contributed by atoms with Gasteiger partial charge in [0, 0.05) is 50.4 Å². The first-order valence-corrected chi connectivity index (χ1v) is 11.1. The zero-order chi connectivity index (χ0) is 21.7. The molecule has 9 heteroatoms. The highest BCUT2D eigenvalue weighted by molar-refractivity contribution is 7.89. The lowest BCUT2D eigenvalue weighted by Crippen LogP contribution is -2.48. The van der Waals surface area contributed by atoms with Gasteiger partial charge in [-0.15, -0.1) is 0 Å². The molecule has 0 N–H and O–H groups in total. The van der Waals surface area contributed by atoms with Crippen molar-refractivity contribution >= 4 is 33.3 Å². The molecule has 3 rings (SSSR count). The van der Waals surface area contributed by atoms with E-state index in [0.717, 1.165) is 0 Å². The summed E-state index contributed by atoms with van der Waals surface area (Å²) in [6.07, 6.45) is 3.46. The molecule has 0 unspecified atom stereocenters. The van der Waals surface area contributed by atoms with E-state index < -0.39 is 14.9 Å². The first-order chi connectivity index (χ1) is 14.3. The summed E-state index contributed by atoms with van der Waals surface area (Å²) >= 11 is 0. The summed E-state index contributed by atoms with van der Waals surface area (Å²) < 4.78 is 27.5. The number of rotatable bonds is 7. The van der Waals surface area contributed by atoms with Crippen molar-refractivity contribution in [3.63, 3.8) is 0 Å². The van der Waals surface area contributed by atoms with E-state index in [1.807, 2.05) is 4.90 Å². The van der Waals surface area contributed by atoms with Crippen LogP contribution >= 0.6 is 0 Å². The first-order valence-electron chi connectivity index (χ1n) is 9.62. The number of anilines is 1. The van der Waals surface area contributed by atoms with Crippen LogP contribution in [0.25, 0.3) is 6.08 Å². The predicted octanol–water partition coefficient (Wildman–Crippen LogP) is 3.10. The van der Waals surface area contributed by atoms with Crippen LogP contribution in [0.15, 0.2) is 59.5 Å². The molecule has 0 bridgehead atoms. The van der Waals surface area contributed by atoms with Crippen LogP contribution in [0.5, 0.6) is 0 Å². The number of non-ortho nitro benzene ring substituents is 1. The largest absolute Gasteiger partial charge is 0.369 e. The van der Waals surface area contributed by atoms with Crippen molar-refractivity contribution < 1.29 is 18.1 Å². The van der Waals surface area contributed by atoms with Gasteiger partial charge in [-0.2, -0.15) is 4.31 Å². The molecule has 2 aromatic rings. The SMILES string of the molecule is CCC(=O)/C=C/c1cccc(S(=O)(=O)N2CCN(c3cccc([N+](=O)[O-])c3)CC2)c1. The van der Waals surface area contributed by atoms with Crippen molar-refractivity contribution in [3.05, 3.63) is 70.3 Å². The van der Waals surface area contributed by atoms with E-state index in [4.69, 9.17) is 0 Å². The molecule has 0 saturated carbocycles. The van der Waals surface area contributed by atoms with E-state index in [0.29, 0.717) is 30.8 Å². The van der Waals surface area contributed by atoms with Crippen molar-refractivity contribution in [1.82, 2.24) is 4.31 Å². The van der Waals surface area contributed by atoms with Gasteiger partial charge in [0.2, 0.25) is 10.0 Å². The van der Waals surface area contributed by atoms with Crippen molar-refractivity contribution in [1.29, 1.82) is 0 Å². The second kappa shape index (κ2) is 9.19. The van der Waals surface area contributed by atoms with Gasteiger partial charge in [0.25, 0.3) is 5.69 Å². The average molecular weight is 429 g/mol. The van der Waals surface area contributed by atoms with Crippen LogP contribution in [0, 0.1) is 10.1 Å². The third-order valence-electron chi connectivity index (χ3n) is 4.95. The molecule has 0 aliphatic carbocycles. The van der Waals surface area contributed by atoms with Crippen LogP contribution in [-0.2, 0) is 14.8 Å². The lowest BCUT2D eigenvalue weighted by Gasteiger charge is -2.35. The summed E-state index contributed by atoms with van der Waals surface area (Å²) in [4.78, 5) is 24.1. The van der Waals surface area contributed by atoms with Gasteiger partial charge in [-0.1, -0.05) is 31.2 Å². The summed E-state index contributed by atoms with van der Waals surface area (Å²) in [6, 6.07) is 12.8. The molecule has 0 spiro atoms. The lowest BCUT2D eigenvalue weighted by molar-refractivity contribution is -0.384. The van der Waals surface area contributed by atoms with Gasteiger partial charge in [0.1, 0.15) is 0 Å². The number of hydrogen-bond donors (Lipinski definition) is 0. The minimum absolute atomic E-state index is 0.00831. The van der Waals surface area contributed by atoms with Crippen LogP contribution in [-0.4, -0.2) is 49.6 Å². The quantitative estimate of drug-likeness (QED) is 0.381. The smallest absolute Gasteiger partial charge is 0.271 e. The molecule has 2 aromatic carbocycles. The third kappa shape index (κ3) is 4.92. The molecule has 1 aliphatic rings. The van der Waals surface area contributed by atoms with E-state index in [1.54, 1.807) is 49.4 Å². The Morgan fingerprint density at radius 2 is 1.80 bits per heavy atom. The fraction of sp³-hybridized carbons (Fsp3) is 0.286. The average Bonchev–Trinajstić information content (AvgIpc) is 2.77. The van der Waals surface area contributed by atoms with E-state index in [-0.39, 0.29) is 29.5 Å². The number of hydrogen-bond acceptors (Lipinski definition) is 6. The van der Waals surface area contributed by atoms with Crippen LogP contribution in [0.1, 0.15) is 18.9 Å². The van der Waals surface area contributed by atoms with Gasteiger partial charge in [0.15, 0.2) is 5.78 Å². The number of piperazine rings is 1. The van der Waals surface area contributed by atoms with Gasteiger partial charge in [-0.25, -0.2) is 8.42 Å². The van der Waals surface area contributed by atoms with Gasteiger partial charge in [-0.3, -0.25) is 14.9 Å². The van der Waals surface area contributed by atoms with Gasteiger partial charge in [-0.05, 0) is 29.8 Å². The molecule has 1 heterocycles. The maximum Gasteiger partial charge on any atom is 0.271 e. The maximum absolute atomic E-state index is 13.0. The minimum atomic E-state index is -3.68. The molecule has 0 radical (unpaired) electrons. The zero-order valence-electron chi connectivity index (χ0n) is 16.6. The number of nitro benzene ring substituents is 1. The van der Waals surface area contributed by atoms with Gasteiger partial charge < -0.3 is 4.90 Å². The van der Waals surface area contributed by atoms with Gasteiger partial charge in [0.05, 0.1) is 9.82 Å². The Balaban J connectivity index is 1.72. The van der Waals surface area contributed by atoms with Crippen molar-refractivity contribution in [2.24, 2.45) is 0 Å². The topological polar surface area (TPSA) is 101 Å². The number of benzene rings is 2. The number of carbonyl (C=O) groups is 1. The number of allylic oxidation sites excluding steroid dienone is 1. The number of carbonyl (C=O) groups excluding carboxylic acids is 1. The zero-order valence-corrected chi connectivity index (χ0v) is 17.4. The van der Waals surface area contributed by atoms with E-state index >= 15 is 0 Å². The summed E-state index contributed by atoms with van der Waals surface area (Å²) in [7, 11) is -3.68. The Labute approximate surface area is 175 Å². The third-order valence-corrected chi connectivity index (χ3v) is 6.84. The summed E-state index contributed by atoms with van der Waals surface area (Å²) in [5.74, 6) is -0.0273. The Morgan fingerprint density at radius 1 is 1.10 bits per heavy atom. The Hall–Kier alpha value is -3.04. The summed E-state index contributed by atoms with van der Waals surface area (Å²) in [5, 5.41) is 11.0. The maximum atomic E-state index is 13.0. The molecule has 0 amide bonds. The Bertz CT molecular complexity index is 1070. The van der Waals surface area contributed by atoms with Crippen LogP contribution in [0.4, 0.5) is 11.4 Å². The molecule has 1 fully saturated rings. The highest BCUT2D eigenvalue weighted by atomic mass is 32.2. The normalized spacial score (nSPS) is 15.4. The van der Waals surface area contributed by atoms with E-state index in [2.05, 4.69) is 0 Å². The van der Waals surface area contributed by atoms with Crippen molar-refractivity contribution in [2.75, 3.05) is 31.1 Å².